The minimum absolute atomic E-state index is 0.243. The second-order valence-electron chi connectivity index (χ2n) is 5.49. The summed E-state index contributed by atoms with van der Waals surface area (Å²) < 4.78 is 5.89. The number of hydrogen-bond donors (Lipinski definition) is 1. The van der Waals surface area contributed by atoms with Crippen molar-refractivity contribution in [1.29, 1.82) is 0 Å². The van der Waals surface area contributed by atoms with Crippen LogP contribution in [0.1, 0.15) is 30.5 Å². The van der Waals surface area contributed by atoms with E-state index in [1.54, 1.807) is 0 Å². The van der Waals surface area contributed by atoms with Crippen LogP contribution in [0.5, 0.6) is 5.75 Å². The summed E-state index contributed by atoms with van der Waals surface area (Å²) >= 11 is 6.46. The highest BCUT2D eigenvalue weighted by Gasteiger charge is 2.16. The number of rotatable bonds is 3. The third kappa shape index (κ3) is 2.78. The number of benzene rings is 2. The molecular weight excluding hydrogens is 282 g/mol. The third-order valence-corrected chi connectivity index (χ3v) is 4.47. The summed E-state index contributed by atoms with van der Waals surface area (Å²) in [7, 11) is 1.94. The van der Waals surface area contributed by atoms with Crippen molar-refractivity contribution >= 4 is 11.6 Å². The third-order valence-electron chi connectivity index (χ3n) is 4.14. The largest absolute Gasteiger partial charge is 0.493 e. The topological polar surface area (TPSA) is 21.3 Å². The molecule has 1 heterocycles. The van der Waals surface area contributed by atoms with Crippen LogP contribution in [0, 0.1) is 0 Å². The van der Waals surface area contributed by atoms with Crippen molar-refractivity contribution in [2.45, 2.75) is 25.8 Å². The fourth-order valence-corrected chi connectivity index (χ4v) is 3.16. The summed E-state index contributed by atoms with van der Waals surface area (Å²) in [5.41, 5.74) is 4.67. The summed E-state index contributed by atoms with van der Waals surface area (Å²) in [4.78, 5) is 0. The van der Waals surface area contributed by atoms with Crippen LogP contribution < -0.4 is 10.1 Å². The number of hydrogen-bond acceptors (Lipinski definition) is 2. The Morgan fingerprint density at radius 1 is 1.24 bits per heavy atom. The van der Waals surface area contributed by atoms with Crippen LogP contribution >= 0.6 is 11.6 Å². The Morgan fingerprint density at radius 2 is 2.10 bits per heavy atom. The van der Waals surface area contributed by atoms with Gasteiger partial charge in [0.1, 0.15) is 5.75 Å². The molecule has 0 aromatic heterocycles. The average molecular weight is 302 g/mol. The van der Waals surface area contributed by atoms with Crippen molar-refractivity contribution in [3.8, 4) is 16.9 Å². The number of ether oxygens (including phenoxy) is 1. The molecule has 0 saturated heterocycles. The molecule has 2 aromatic carbocycles. The van der Waals surface area contributed by atoms with Gasteiger partial charge in [-0.25, -0.2) is 0 Å². The van der Waals surface area contributed by atoms with Crippen LogP contribution in [-0.4, -0.2) is 13.7 Å². The zero-order valence-electron chi connectivity index (χ0n) is 12.4. The van der Waals surface area contributed by atoms with E-state index in [1.807, 2.05) is 13.1 Å². The molecule has 0 aliphatic carbocycles. The van der Waals surface area contributed by atoms with E-state index in [2.05, 4.69) is 42.6 Å². The smallest absolute Gasteiger partial charge is 0.130 e. The predicted molar refractivity (Wildman–Crippen MR) is 88.2 cm³/mol. The van der Waals surface area contributed by atoms with Gasteiger partial charge in [0.05, 0.1) is 6.61 Å². The van der Waals surface area contributed by atoms with E-state index < -0.39 is 0 Å². The van der Waals surface area contributed by atoms with E-state index in [0.717, 1.165) is 46.9 Å². The highest BCUT2D eigenvalue weighted by atomic mass is 35.5. The van der Waals surface area contributed by atoms with E-state index in [-0.39, 0.29) is 6.04 Å². The molecule has 0 radical (unpaired) electrons. The molecule has 1 N–H and O–H groups in total. The first kappa shape index (κ1) is 14.4. The van der Waals surface area contributed by atoms with E-state index in [9.17, 15) is 0 Å². The molecular formula is C18H20ClNO. The molecule has 2 aromatic rings. The Hall–Kier alpha value is -1.51. The minimum atomic E-state index is 0.243. The van der Waals surface area contributed by atoms with Gasteiger partial charge in [-0.3, -0.25) is 0 Å². The van der Waals surface area contributed by atoms with Crippen LogP contribution in [0.25, 0.3) is 11.1 Å². The van der Waals surface area contributed by atoms with Gasteiger partial charge in [-0.05, 0) is 49.6 Å². The first-order chi connectivity index (χ1) is 10.2. The number of halogens is 1. The normalized spacial score (nSPS) is 15.2. The van der Waals surface area contributed by atoms with Crippen molar-refractivity contribution in [1.82, 2.24) is 5.32 Å². The van der Waals surface area contributed by atoms with Gasteiger partial charge in [0, 0.05) is 16.6 Å². The van der Waals surface area contributed by atoms with E-state index in [4.69, 9.17) is 16.3 Å². The fourth-order valence-electron chi connectivity index (χ4n) is 2.82. The van der Waals surface area contributed by atoms with Gasteiger partial charge < -0.3 is 10.1 Å². The van der Waals surface area contributed by atoms with Crippen LogP contribution in [0.4, 0.5) is 0 Å². The second-order valence-corrected chi connectivity index (χ2v) is 5.90. The van der Waals surface area contributed by atoms with Crippen molar-refractivity contribution < 1.29 is 4.74 Å². The molecule has 1 unspecified atom stereocenters. The minimum Gasteiger partial charge on any atom is -0.493 e. The zero-order valence-corrected chi connectivity index (χ0v) is 13.2. The summed E-state index contributed by atoms with van der Waals surface area (Å²) in [5.74, 6) is 1.02. The maximum absolute atomic E-state index is 6.46. The lowest BCUT2D eigenvalue weighted by molar-refractivity contribution is 0.289. The zero-order chi connectivity index (χ0) is 14.8. The van der Waals surface area contributed by atoms with Gasteiger partial charge in [-0.1, -0.05) is 41.9 Å². The SMILES string of the molecule is CNC(C)c1ccc(-c2cccc3c2OCCC3)cc1Cl. The van der Waals surface area contributed by atoms with Crippen molar-refractivity contribution in [2.24, 2.45) is 0 Å². The monoisotopic (exact) mass is 301 g/mol. The molecule has 0 saturated carbocycles. The summed E-state index contributed by atoms with van der Waals surface area (Å²) in [5, 5.41) is 4.02. The van der Waals surface area contributed by atoms with E-state index in [0.29, 0.717) is 0 Å². The fraction of sp³-hybridized carbons (Fsp3) is 0.333. The van der Waals surface area contributed by atoms with E-state index in [1.165, 1.54) is 5.56 Å². The number of fused-ring (bicyclic) bond motifs is 1. The molecule has 21 heavy (non-hydrogen) atoms. The van der Waals surface area contributed by atoms with Crippen molar-refractivity contribution in [3.63, 3.8) is 0 Å². The van der Waals surface area contributed by atoms with Gasteiger partial charge in [0.2, 0.25) is 0 Å². The first-order valence-corrected chi connectivity index (χ1v) is 7.80. The lowest BCUT2D eigenvalue weighted by atomic mass is 9.96. The van der Waals surface area contributed by atoms with Crippen LogP contribution in [0.15, 0.2) is 36.4 Å². The van der Waals surface area contributed by atoms with Gasteiger partial charge in [0.15, 0.2) is 0 Å². The predicted octanol–water partition coefficient (Wildman–Crippen LogP) is 4.61. The van der Waals surface area contributed by atoms with Gasteiger partial charge in [0.25, 0.3) is 0 Å². The molecule has 0 amide bonds. The van der Waals surface area contributed by atoms with Crippen molar-refractivity contribution in [2.75, 3.05) is 13.7 Å². The second kappa shape index (κ2) is 6.08. The van der Waals surface area contributed by atoms with Crippen LogP contribution in [-0.2, 0) is 6.42 Å². The molecule has 0 bridgehead atoms. The summed E-state index contributed by atoms with van der Waals surface area (Å²) in [6, 6.07) is 12.9. The van der Waals surface area contributed by atoms with Crippen molar-refractivity contribution in [3.05, 3.63) is 52.5 Å². The molecule has 1 atom stereocenters. The van der Waals surface area contributed by atoms with Gasteiger partial charge >= 0.3 is 0 Å². The maximum atomic E-state index is 6.46. The highest BCUT2D eigenvalue weighted by molar-refractivity contribution is 6.31. The molecule has 1 aliphatic rings. The average Bonchev–Trinajstić information content (AvgIpc) is 2.53. The van der Waals surface area contributed by atoms with Gasteiger partial charge in [-0.15, -0.1) is 0 Å². The molecule has 1 aliphatic heterocycles. The summed E-state index contributed by atoms with van der Waals surface area (Å²) in [6.07, 6.45) is 2.18. The lowest BCUT2D eigenvalue weighted by Gasteiger charge is -2.21. The highest BCUT2D eigenvalue weighted by Crippen LogP contribution is 2.38. The van der Waals surface area contributed by atoms with Gasteiger partial charge in [-0.2, -0.15) is 0 Å². The molecule has 0 spiro atoms. The molecule has 2 nitrogen and oxygen atoms in total. The Morgan fingerprint density at radius 3 is 2.86 bits per heavy atom. The molecule has 3 rings (SSSR count). The number of aryl methyl sites for hydroxylation is 1. The van der Waals surface area contributed by atoms with Crippen LogP contribution in [0.2, 0.25) is 5.02 Å². The number of para-hydroxylation sites is 1. The Bertz CT molecular complexity index is 654. The summed E-state index contributed by atoms with van der Waals surface area (Å²) in [6.45, 7) is 2.90. The Balaban J connectivity index is 2.04. The Kier molecular flexibility index (Phi) is 4.18. The standard InChI is InChI=1S/C18H20ClNO/c1-12(20-2)15-9-8-14(11-17(15)19)16-7-3-5-13-6-4-10-21-18(13)16/h3,5,7-9,11-12,20H,4,6,10H2,1-2H3. The van der Waals surface area contributed by atoms with Crippen LogP contribution in [0.3, 0.4) is 0 Å². The molecule has 110 valence electrons. The Labute approximate surface area is 131 Å². The van der Waals surface area contributed by atoms with E-state index >= 15 is 0 Å². The maximum Gasteiger partial charge on any atom is 0.130 e. The lowest BCUT2D eigenvalue weighted by Crippen LogP contribution is -2.12. The molecule has 0 fully saturated rings. The quantitative estimate of drug-likeness (QED) is 0.893. The number of nitrogens with one attached hydrogen (secondary N) is 1. The molecule has 3 heteroatoms. The first-order valence-electron chi connectivity index (χ1n) is 7.42.